The molecule has 1 heterocycles. The summed E-state index contributed by atoms with van der Waals surface area (Å²) in [6.07, 6.45) is 0. The zero-order valence-corrected chi connectivity index (χ0v) is 12.7. The average Bonchev–Trinajstić information content (AvgIpc) is 2.46. The maximum atomic E-state index is 10.6. The van der Waals surface area contributed by atoms with E-state index in [1.807, 2.05) is 44.2 Å². The second-order valence-electron chi connectivity index (χ2n) is 4.32. The molecule has 0 saturated heterocycles. The Morgan fingerprint density at radius 1 is 1.29 bits per heavy atom. The van der Waals surface area contributed by atoms with Crippen LogP contribution in [0.15, 0.2) is 35.5 Å². The van der Waals surface area contributed by atoms with E-state index in [0.717, 1.165) is 34.5 Å². The molecule has 0 atom stereocenters. The summed E-state index contributed by atoms with van der Waals surface area (Å²) in [4.78, 5) is 19.3. The van der Waals surface area contributed by atoms with Crippen LogP contribution in [0.3, 0.4) is 0 Å². The van der Waals surface area contributed by atoms with Crippen LogP contribution in [0.5, 0.6) is 5.75 Å². The van der Waals surface area contributed by atoms with Gasteiger partial charge in [0.1, 0.15) is 5.75 Å². The van der Waals surface area contributed by atoms with E-state index in [1.165, 1.54) is 0 Å². The van der Waals surface area contributed by atoms with Crippen LogP contribution in [-0.2, 0) is 4.79 Å². The number of aryl methyl sites for hydroxylation is 1. The van der Waals surface area contributed by atoms with Crippen LogP contribution in [0.2, 0.25) is 0 Å². The maximum absolute atomic E-state index is 10.6. The van der Waals surface area contributed by atoms with Gasteiger partial charge in [-0.3, -0.25) is 4.79 Å². The molecule has 110 valence electrons. The summed E-state index contributed by atoms with van der Waals surface area (Å²) >= 11 is 1.12. The fourth-order valence-electron chi connectivity index (χ4n) is 1.77. The number of carboxylic acids is 1. The van der Waals surface area contributed by atoms with Gasteiger partial charge in [-0.2, -0.15) is 0 Å². The normalized spacial score (nSPS) is 10.4. The minimum atomic E-state index is -0.882. The van der Waals surface area contributed by atoms with Crippen molar-refractivity contribution >= 4 is 17.7 Å². The van der Waals surface area contributed by atoms with Gasteiger partial charge in [-0.05, 0) is 44.2 Å². The summed E-state index contributed by atoms with van der Waals surface area (Å²) in [7, 11) is 0. The Morgan fingerprint density at radius 2 is 2.00 bits per heavy atom. The monoisotopic (exact) mass is 304 g/mol. The molecular formula is C15H16N2O3S. The molecule has 1 aromatic heterocycles. The highest BCUT2D eigenvalue weighted by Crippen LogP contribution is 2.23. The number of carbonyl (C=O) groups is 1. The largest absolute Gasteiger partial charge is 0.494 e. The molecule has 0 amide bonds. The number of carboxylic acid groups (broad SMARTS) is 1. The Balaban J connectivity index is 2.24. The van der Waals surface area contributed by atoms with E-state index in [9.17, 15) is 4.79 Å². The van der Waals surface area contributed by atoms with Crippen LogP contribution in [0, 0.1) is 6.92 Å². The Kier molecular flexibility index (Phi) is 5.16. The van der Waals surface area contributed by atoms with E-state index in [1.54, 1.807) is 0 Å². The number of aromatic nitrogens is 2. The van der Waals surface area contributed by atoms with E-state index >= 15 is 0 Å². The zero-order chi connectivity index (χ0) is 15.2. The van der Waals surface area contributed by atoms with Crippen molar-refractivity contribution in [1.82, 2.24) is 9.97 Å². The van der Waals surface area contributed by atoms with Crippen molar-refractivity contribution in [2.24, 2.45) is 0 Å². The van der Waals surface area contributed by atoms with E-state index < -0.39 is 5.97 Å². The van der Waals surface area contributed by atoms with Crippen LogP contribution >= 0.6 is 11.8 Å². The van der Waals surface area contributed by atoms with E-state index in [-0.39, 0.29) is 5.75 Å². The molecule has 0 unspecified atom stereocenters. The lowest BCUT2D eigenvalue weighted by Crippen LogP contribution is -2.00. The fraction of sp³-hybridized carbons (Fsp3) is 0.267. The van der Waals surface area contributed by atoms with E-state index in [2.05, 4.69) is 9.97 Å². The number of benzene rings is 1. The highest BCUT2D eigenvalue weighted by molar-refractivity contribution is 7.99. The van der Waals surface area contributed by atoms with Crippen molar-refractivity contribution in [2.45, 2.75) is 19.0 Å². The summed E-state index contributed by atoms with van der Waals surface area (Å²) in [5.41, 5.74) is 2.53. The van der Waals surface area contributed by atoms with Gasteiger partial charge in [0.15, 0.2) is 5.16 Å². The summed E-state index contributed by atoms with van der Waals surface area (Å²) in [6.45, 7) is 4.43. The Bertz CT molecular complexity index is 629. The number of thioether (sulfide) groups is 1. The molecule has 1 N–H and O–H groups in total. The first kappa shape index (κ1) is 15.3. The Labute approximate surface area is 127 Å². The molecule has 0 spiro atoms. The smallest absolute Gasteiger partial charge is 0.313 e. The standard InChI is InChI=1S/C15H16N2O3S/c1-3-20-12-6-4-11(5-7-12)13-8-10(2)16-15(17-13)21-9-14(18)19/h4-8H,3,9H2,1-2H3,(H,18,19). The average molecular weight is 304 g/mol. The second kappa shape index (κ2) is 7.08. The first-order valence-corrected chi connectivity index (χ1v) is 7.50. The summed E-state index contributed by atoms with van der Waals surface area (Å²) in [5.74, 6) is -0.119. The summed E-state index contributed by atoms with van der Waals surface area (Å²) in [6, 6.07) is 9.51. The number of nitrogens with zero attached hydrogens (tertiary/aromatic N) is 2. The lowest BCUT2D eigenvalue weighted by atomic mass is 10.1. The van der Waals surface area contributed by atoms with Crippen molar-refractivity contribution in [3.05, 3.63) is 36.0 Å². The van der Waals surface area contributed by atoms with E-state index in [0.29, 0.717) is 11.8 Å². The van der Waals surface area contributed by atoms with Crippen LogP contribution < -0.4 is 4.74 Å². The molecule has 2 aromatic rings. The molecule has 0 saturated carbocycles. The third-order valence-electron chi connectivity index (χ3n) is 2.62. The fourth-order valence-corrected chi connectivity index (χ4v) is 2.39. The minimum Gasteiger partial charge on any atom is -0.494 e. The highest BCUT2D eigenvalue weighted by Gasteiger charge is 2.07. The molecule has 0 bridgehead atoms. The van der Waals surface area contributed by atoms with Gasteiger partial charge in [-0.1, -0.05) is 11.8 Å². The number of aliphatic carboxylic acids is 1. The molecule has 21 heavy (non-hydrogen) atoms. The molecule has 0 aliphatic carbocycles. The topological polar surface area (TPSA) is 72.3 Å². The molecule has 6 heteroatoms. The van der Waals surface area contributed by atoms with Crippen molar-refractivity contribution in [3.63, 3.8) is 0 Å². The molecule has 0 aliphatic heterocycles. The van der Waals surface area contributed by atoms with E-state index in [4.69, 9.17) is 9.84 Å². The lowest BCUT2D eigenvalue weighted by molar-refractivity contribution is -0.133. The lowest BCUT2D eigenvalue weighted by Gasteiger charge is -2.07. The molecule has 0 radical (unpaired) electrons. The number of ether oxygens (including phenoxy) is 1. The second-order valence-corrected chi connectivity index (χ2v) is 5.26. The molecule has 2 rings (SSSR count). The van der Waals surface area contributed by atoms with Gasteiger partial charge < -0.3 is 9.84 Å². The highest BCUT2D eigenvalue weighted by atomic mass is 32.2. The number of hydrogen-bond acceptors (Lipinski definition) is 5. The summed E-state index contributed by atoms with van der Waals surface area (Å²) < 4.78 is 5.41. The van der Waals surface area contributed by atoms with Gasteiger partial charge in [0, 0.05) is 11.3 Å². The van der Waals surface area contributed by atoms with Gasteiger partial charge in [-0.15, -0.1) is 0 Å². The number of hydrogen-bond donors (Lipinski definition) is 1. The predicted molar refractivity (Wildman–Crippen MR) is 81.7 cm³/mol. The van der Waals surface area contributed by atoms with Gasteiger partial charge in [0.25, 0.3) is 0 Å². The Morgan fingerprint density at radius 3 is 2.62 bits per heavy atom. The zero-order valence-electron chi connectivity index (χ0n) is 11.9. The summed E-state index contributed by atoms with van der Waals surface area (Å²) in [5, 5.41) is 9.19. The van der Waals surface area contributed by atoms with Crippen LogP contribution in [0.25, 0.3) is 11.3 Å². The van der Waals surface area contributed by atoms with Crippen molar-refractivity contribution in [2.75, 3.05) is 12.4 Å². The SMILES string of the molecule is CCOc1ccc(-c2cc(C)nc(SCC(=O)O)n2)cc1. The molecule has 0 fully saturated rings. The maximum Gasteiger partial charge on any atom is 0.313 e. The molecule has 0 aliphatic rings. The van der Waals surface area contributed by atoms with Crippen molar-refractivity contribution in [1.29, 1.82) is 0 Å². The molecular weight excluding hydrogens is 288 g/mol. The first-order valence-electron chi connectivity index (χ1n) is 6.52. The van der Waals surface area contributed by atoms with Crippen molar-refractivity contribution in [3.8, 4) is 17.0 Å². The minimum absolute atomic E-state index is 0.0494. The van der Waals surface area contributed by atoms with Crippen molar-refractivity contribution < 1.29 is 14.6 Å². The third-order valence-corrected chi connectivity index (χ3v) is 3.45. The first-order chi connectivity index (χ1) is 10.1. The molecule has 1 aromatic carbocycles. The quantitative estimate of drug-likeness (QED) is 0.653. The van der Waals surface area contributed by atoms with Crippen LogP contribution in [0.4, 0.5) is 0 Å². The van der Waals surface area contributed by atoms with Gasteiger partial charge >= 0.3 is 5.97 Å². The third kappa shape index (κ3) is 4.46. The predicted octanol–water partition coefficient (Wildman–Crippen LogP) is 3.03. The van der Waals surface area contributed by atoms with Gasteiger partial charge in [-0.25, -0.2) is 9.97 Å². The molecule has 5 nitrogen and oxygen atoms in total. The van der Waals surface area contributed by atoms with Crippen LogP contribution in [0.1, 0.15) is 12.6 Å². The van der Waals surface area contributed by atoms with Gasteiger partial charge in [0.05, 0.1) is 18.1 Å². The van der Waals surface area contributed by atoms with Crippen LogP contribution in [-0.4, -0.2) is 33.4 Å². The Hall–Kier alpha value is -2.08. The van der Waals surface area contributed by atoms with Gasteiger partial charge in [0.2, 0.25) is 0 Å². The number of rotatable bonds is 6.